The number of aryl methyl sites for hydroxylation is 2. The first-order chi connectivity index (χ1) is 12.1. The number of aromatic nitrogens is 1. The summed E-state index contributed by atoms with van der Waals surface area (Å²) in [5, 5.41) is 0. The molecule has 0 unspecified atom stereocenters. The Bertz CT molecular complexity index is 684. The van der Waals surface area contributed by atoms with Crippen molar-refractivity contribution in [3.63, 3.8) is 0 Å². The van der Waals surface area contributed by atoms with Crippen molar-refractivity contribution < 1.29 is 14.3 Å². The van der Waals surface area contributed by atoms with Gasteiger partial charge < -0.3 is 9.64 Å². The monoisotopic (exact) mass is 340 g/mol. The van der Waals surface area contributed by atoms with E-state index >= 15 is 0 Å². The molecule has 0 radical (unpaired) electrons. The van der Waals surface area contributed by atoms with Gasteiger partial charge in [-0.15, -0.1) is 0 Å². The zero-order valence-electron chi connectivity index (χ0n) is 14.8. The van der Waals surface area contributed by atoms with Crippen LogP contribution < -0.4 is 0 Å². The van der Waals surface area contributed by atoms with Crippen LogP contribution in [0, 0.1) is 6.92 Å². The van der Waals surface area contributed by atoms with Gasteiger partial charge in [-0.1, -0.05) is 35.9 Å². The Morgan fingerprint density at radius 2 is 1.84 bits per heavy atom. The molecular formula is C20H24N2O3. The third kappa shape index (κ3) is 6.37. The Balaban J connectivity index is 1.97. The summed E-state index contributed by atoms with van der Waals surface area (Å²) in [6.45, 7) is 2.76. The highest BCUT2D eigenvalue weighted by molar-refractivity contribution is 5.77. The predicted molar refractivity (Wildman–Crippen MR) is 95.8 cm³/mol. The van der Waals surface area contributed by atoms with Crippen LogP contribution in [0.1, 0.15) is 29.7 Å². The molecule has 0 aliphatic rings. The molecule has 0 saturated heterocycles. The largest absolute Gasteiger partial charge is 0.469 e. The Hall–Kier alpha value is -2.69. The number of hydrogen-bond donors (Lipinski definition) is 0. The highest BCUT2D eigenvalue weighted by Gasteiger charge is 2.16. The number of pyridine rings is 1. The molecule has 1 aromatic heterocycles. The molecule has 1 amide bonds. The van der Waals surface area contributed by atoms with Crippen molar-refractivity contribution in [1.82, 2.24) is 9.88 Å². The second-order valence-electron chi connectivity index (χ2n) is 5.95. The summed E-state index contributed by atoms with van der Waals surface area (Å²) in [5.41, 5.74) is 3.13. The number of ether oxygens (including phenoxy) is 1. The lowest BCUT2D eigenvalue weighted by atomic mass is 10.1. The van der Waals surface area contributed by atoms with Crippen LogP contribution >= 0.6 is 0 Å². The summed E-state index contributed by atoms with van der Waals surface area (Å²) in [4.78, 5) is 30.0. The van der Waals surface area contributed by atoms with Crippen LogP contribution in [0.3, 0.4) is 0 Å². The van der Waals surface area contributed by atoms with Crippen LogP contribution in [0.5, 0.6) is 0 Å². The quantitative estimate of drug-likeness (QED) is 0.693. The summed E-state index contributed by atoms with van der Waals surface area (Å²) in [7, 11) is 1.35. The number of carbonyl (C=O) groups excluding carboxylic acids is 2. The average Bonchev–Trinajstić information content (AvgIpc) is 2.64. The molecule has 0 N–H and O–H groups in total. The van der Waals surface area contributed by atoms with Crippen molar-refractivity contribution in [2.24, 2.45) is 0 Å². The van der Waals surface area contributed by atoms with E-state index in [0.29, 0.717) is 25.9 Å². The van der Waals surface area contributed by atoms with E-state index in [1.807, 2.05) is 49.4 Å². The summed E-state index contributed by atoms with van der Waals surface area (Å²) < 4.78 is 4.68. The zero-order valence-corrected chi connectivity index (χ0v) is 14.8. The number of amides is 1. The summed E-state index contributed by atoms with van der Waals surface area (Å²) in [6.07, 6.45) is 2.96. The number of hydrogen-bond acceptors (Lipinski definition) is 4. The molecule has 0 aliphatic heterocycles. The second kappa shape index (κ2) is 9.57. The van der Waals surface area contributed by atoms with Gasteiger partial charge in [0.15, 0.2) is 0 Å². The lowest BCUT2D eigenvalue weighted by Gasteiger charge is -2.22. The van der Waals surface area contributed by atoms with E-state index in [0.717, 1.165) is 11.3 Å². The second-order valence-corrected chi connectivity index (χ2v) is 5.95. The fourth-order valence-corrected chi connectivity index (χ4v) is 2.47. The van der Waals surface area contributed by atoms with Gasteiger partial charge in [-0.2, -0.15) is 0 Å². The van der Waals surface area contributed by atoms with Crippen LogP contribution in [0.4, 0.5) is 0 Å². The molecule has 0 saturated carbocycles. The van der Waals surface area contributed by atoms with E-state index in [-0.39, 0.29) is 18.3 Å². The number of esters is 1. The van der Waals surface area contributed by atoms with E-state index < -0.39 is 0 Å². The fraction of sp³-hybridized carbons (Fsp3) is 0.350. The fourth-order valence-electron chi connectivity index (χ4n) is 2.47. The minimum atomic E-state index is -0.322. The predicted octanol–water partition coefficient (Wildman–Crippen LogP) is 2.91. The number of methoxy groups -OCH3 is 1. The molecule has 0 spiro atoms. The molecular weight excluding hydrogens is 316 g/mol. The minimum absolute atomic E-state index is 0.00938. The highest BCUT2D eigenvalue weighted by atomic mass is 16.5. The number of carbonyl (C=O) groups is 2. The maximum atomic E-state index is 12.6. The van der Waals surface area contributed by atoms with Crippen molar-refractivity contribution in [3.8, 4) is 0 Å². The molecule has 0 bridgehead atoms. The Kier molecular flexibility index (Phi) is 7.14. The summed E-state index contributed by atoms with van der Waals surface area (Å²) in [6, 6.07) is 13.8. The van der Waals surface area contributed by atoms with Crippen LogP contribution in [0.2, 0.25) is 0 Å². The standard InChI is InChI=1S/C20H24N2O3/c1-16-6-8-17(9-7-16)10-11-19(23)22(14-12-20(24)25-2)15-18-5-3-4-13-21-18/h3-9,13H,10-12,14-15H2,1-2H3. The van der Waals surface area contributed by atoms with Crippen molar-refractivity contribution in [2.75, 3.05) is 13.7 Å². The lowest BCUT2D eigenvalue weighted by molar-refractivity contribution is -0.142. The van der Waals surface area contributed by atoms with Gasteiger partial charge in [-0.05, 0) is 31.0 Å². The molecule has 5 nitrogen and oxygen atoms in total. The topological polar surface area (TPSA) is 59.5 Å². The Morgan fingerprint density at radius 3 is 2.48 bits per heavy atom. The third-order valence-electron chi connectivity index (χ3n) is 3.99. The summed E-state index contributed by atoms with van der Waals surface area (Å²) >= 11 is 0. The van der Waals surface area contributed by atoms with Crippen LogP contribution in [-0.4, -0.2) is 35.4 Å². The molecule has 1 aromatic carbocycles. The molecule has 5 heteroatoms. The molecule has 0 aliphatic carbocycles. The van der Waals surface area contributed by atoms with E-state index in [9.17, 15) is 9.59 Å². The molecule has 0 atom stereocenters. The van der Waals surface area contributed by atoms with Gasteiger partial charge in [0, 0.05) is 19.2 Å². The number of rotatable bonds is 8. The van der Waals surface area contributed by atoms with Crippen molar-refractivity contribution in [1.29, 1.82) is 0 Å². The van der Waals surface area contributed by atoms with Crippen molar-refractivity contribution in [3.05, 3.63) is 65.5 Å². The van der Waals surface area contributed by atoms with Crippen LogP contribution in [0.15, 0.2) is 48.7 Å². The van der Waals surface area contributed by atoms with Crippen molar-refractivity contribution >= 4 is 11.9 Å². The molecule has 25 heavy (non-hydrogen) atoms. The first-order valence-corrected chi connectivity index (χ1v) is 8.38. The van der Waals surface area contributed by atoms with Gasteiger partial charge in [-0.25, -0.2) is 0 Å². The van der Waals surface area contributed by atoms with E-state index in [1.54, 1.807) is 11.1 Å². The SMILES string of the molecule is COC(=O)CCN(Cc1ccccn1)C(=O)CCc1ccc(C)cc1. The normalized spacial score (nSPS) is 10.3. The molecule has 0 fully saturated rings. The molecule has 2 rings (SSSR count). The Morgan fingerprint density at radius 1 is 1.08 bits per heavy atom. The first kappa shape index (κ1) is 18.6. The van der Waals surface area contributed by atoms with Gasteiger partial charge in [0.1, 0.15) is 0 Å². The first-order valence-electron chi connectivity index (χ1n) is 8.38. The number of nitrogens with zero attached hydrogens (tertiary/aromatic N) is 2. The van der Waals surface area contributed by atoms with Gasteiger partial charge in [-0.3, -0.25) is 14.6 Å². The third-order valence-corrected chi connectivity index (χ3v) is 3.99. The van der Waals surface area contributed by atoms with E-state index in [4.69, 9.17) is 0 Å². The van der Waals surface area contributed by atoms with Crippen LogP contribution in [0.25, 0.3) is 0 Å². The molecule has 2 aromatic rings. The average molecular weight is 340 g/mol. The number of benzene rings is 1. The van der Waals surface area contributed by atoms with Crippen molar-refractivity contribution in [2.45, 2.75) is 32.7 Å². The summed E-state index contributed by atoms with van der Waals surface area (Å²) in [5.74, 6) is -0.313. The highest BCUT2D eigenvalue weighted by Crippen LogP contribution is 2.10. The molecule has 1 heterocycles. The van der Waals surface area contributed by atoms with Gasteiger partial charge in [0.05, 0.1) is 25.8 Å². The molecule has 132 valence electrons. The lowest BCUT2D eigenvalue weighted by Crippen LogP contribution is -2.33. The maximum absolute atomic E-state index is 12.6. The van der Waals surface area contributed by atoms with Gasteiger partial charge >= 0.3 is 5.97 Å². The zero-order chi connectivity index (χ0) is 18.1. The van der Waals surface area contributed by atoms with E-state index in [2.05, 4.69) is 9.72 Å². The van der Waals surface area contributed by atoms with Gasteiger partial charge in [0.2, 0.25) is 5.91 Å². The van der Waals surface area contributed by atoms with Gasteiger partial charge in [0.25, 0.3) is 0 Å². The maximum Gasteiger partial charge on any atom is 0.307 e. The Labute approximate surface area is 148 Å². The van der Waals surface area contributed by atoms with Crippen LogP contribution in [-0.2, 0) is 27.3 Å². The smallest absolute Gasteiger partial charge is 0.307 e. The van der Waals surface area contributed by atoms with E-state index in [1.165, 1.54) is 12.7 Å². The minimum Gasteiger partial charge on any atom is -0.469 e.